The Hall–Kier alpha value is -1.59. The molecule has 2 rings (SSSR count). The van der Waals surface area contributed by atoms with E-state index >= 15 is 0 Å². The van der Waals surface area contributed by atoms with E-state index in [1.165, 1.54) is 12.1 Å². The Kier molecular flexibility index (Phi) is 5.20. The Morgan fingerprint density at radius 3 is 2.76 bits per heavy atom. The van der Waals surface area contributed by atoms with Crippen LogP contribution in [0.15, 0.2) is 40.9 Å². The molecule has 0 spiro atoms. The van der Waals surface area contributed by atoms with Gasteiger partial charge in [-0.2, -0.15) is 0 Å². The first-order valence-electron chi connectivity index (χ1n) is 6.20. The molecule has 0 aliphatic carbocycles. The van der Waals surface area contributed by atoms with Crippen molar-refractivity contribution in [3.05, 3.63) is 62.8 Å². The third-order valence-corrected chi connectivity index (χ3v) is 4.03. The van der Waals surface area contributed by atoms with E-state index in [1.54, 1.807) is 31.3 Å². The van der Waals surface area contributed by atoms with Crippen molar-refractivity contribution in [2.24, 2.45) is 0 Å². The van der Waals surface area contributed by atoms with Crippen LogP contribution in [0, 0.1) is 5.82 Å². The lowest BCUT2D eigenvalue weighted by molar-refractivity contribution is 0.0963. The van der Waals surface area contributed by atoms with Gasteiger partial charge in [0.15, 0.2) is 0 Å². The zero-order valence-electron chi connectivity index (χ0n) is 11.2. The SMILES string of the molecule is CNC(=O)c1cc(NCc2cc(F)ccc2Br)ccc1Cl. The number of benzene rings is 2. The maximum atomic E-state index is 13.2. The average molecular weight is 372 g/mol. The van der Waals surface area contributed by atoms with Gasteiger partial charge in [0.1, 0.15) is 5.82 Å². The highest BCUT2D eigenvalue weighted by molar-refractivity contribution is 9.10. The molecule has 2 aromatic carbocycles. The third kappa shape index (κ3) is 3.95. The Balaban J connectivity index is 2.17. The zero-order valence-corrected chi connectivity index (χ0v) is 13.6. The standard InChI is InChI=1S/C15H13BrClFN2O/c1-19-15(21)12-7-11(3-5-14(12)17)20-8-9-6-10(18)2-4-13(9)16/h2-7,20H,8H2,1H3,(H,19,21). The Labute approximate surface area is 135 Å². The summed E-state index contributed by atoms with van der Waals surface area (Å²) >= 11 is 9.36. The topological polar surface area (TPSA) is 41.1 Å². The van der Waals surface area contributed by atoms with Gasteiger partial charge in [-0.3, -0.25) is 4.79 Å². The van der Waals surface area contributed by atoms with Crippen molar-refractivity contribution in [2.75, 3.05) is 12.4 Å². The Bertz CT molecular complexity index is 679. The minimum Gasteiger partial charge on any atom is -0.381 e. The molecule has 0 heterocycles. The number of amides is 1. The fourth-order valence-electron chi connectivity index (χ4n) is 1.82. The van der Waals surface area contributed by atoms with E-state index in [1.807, 2.05) is 0 Å². The van der Waals surface area contributed by atoms with Crippen LogP contribution in [0.2, 0.25) is 5.02 Å². The third-order valence-electron chi connectivity index (χ3n) is 2.93. The fourth-order valence-corrected chi connectivity index (χ4v) is 2.41. The molecule has 3 nitrogen and oxygen atoms in total. The molecular formula is C15H13BrClFN2O. The smallest absolute Gasteiger partial charge is 0.252 e. The predicted molar refractivity (Wildman–Crippen MR) is 86.3 cm³/mol. The number of carbonyl (C=O) groups is 1. The van der Waals surface area contributed by atoms with E-state index < -0.39 is 0 Å². The van der Waals surface area contributed by atoms with Crippen molar-refractivity contribution in [2.45, 2.75) is 6.54 Å². The molecule has 2 N–H and O–H groups in total. The summed E-state index contributed by atoms with van der Waals surface area (Å²) in [6, 6.07) is 9.57. The van der Waals surface area contributed by atoms with Crippen LogP contribution in [0.4, 0.5) is 10.1 Å². The van der Waals surface area contributed by atoms with Crippen LogP contribution in [-0.2, 0) is 6.54 Å². The van der Waals surface area contributed by atoms with Gasteiger partial charge in [0, 0.05) is 23.8 Å². The lowest BCUT2D eigenvalue weighted by atomic mass is 10.1. The molecular weight excluding hydrogens is 359 g/mol. The molecule has 0 atom stereocenters. The maximum absolute atomic E-state index is 13.2. The molecule has 21 heavy (non-hydrogen) atoms. The molecule has 0 aliphatic heterocycles. The predicted octanol–water partition coefficient (Wildman–Crippen LogP) is 4.21. The largest absolute Gasteiger partial charge is 0.381 e. The van der Waals surface area contributed by atoms with Crippen LogP contribution >= 0.6 is 27.5 Å². The summed E-state index contributed by atoms with van der Waals surface area (Å²) in [5.74, 6) is -0.548. The molecule has 0 aromatic heterocycles. The molecule has 2 aromatic rings. The number of nitrogens with one attached hydrogen (secondary N) is 2. The molecule has 1 amide bonds. The van der Waals surface area contributed by atoms with Crippen LogP contribution in [-0.4, -0.2) is 13.0 Å². The van der Waals surface area contributed by atoms with E-state index in [2.05, 4.69) is 26.6 Å². The molecule has 0 bridgehead atoms. The number of anilines is 1. The quantitative estimate of drug-likeness (QED) is 0.845. The number of rotatable bonds is 4. The summed E-state index contributed by atoms with van der Waals surface area (Å²) in [4.78, 5) is 11.7. The molecule has 0 saturated carbocycles. The second kappa shape index (κ2) is 6.91. The summed E-state index contributed by atoms with van der Waals surface area (Å²) in [6.07, 6.45) is 0. The van der Waals surface area contributed by atoms with Gasteiger partial charge in [-0.05, 0) is 42.0 Å². The molecule has 0 aliphatic rings. The van der Waals surface area contributed by atoms with Crippen molar-refractivity contribution < 1.29 is 9.18 Å². The molecule has 0 fully saturated rings. The monoisotopic (exact) mass is 370 g/mol. The summed E-state index contributed by atoms with van der Waals surface area (Å²) in [5.41, 5.74) is 1.91. The van der Waals surface area contributed by atoms with E-state index in [9.17, 15) is 9.18 Å². The van der Waals surface area contributed by atoms with Gasteiger partial charge in [-0.1, -0.05) is 27.5 Å². The first-order chi connectivity index (χ1) is 10.0. The normalized spacial score (nSPS) is 10.3. The van der Waals surface area contributed by atoms with Crippen molar-refractivity contribution in [1.82, 2.24) is 5.32 Å². The minimum absolute atomic E-state index is 0.254. The minimum atomic E-state index is -0.294. The van der Waals surface area contributed by atoms with Crippen LogP contribution < -0.4 is 10.6 Å². The maximum Gasteiger partial charge on any atom is 0.252 e. The van der Waals surface area contributed by atoms with E-state index in [0.29, 0.717) is 17.1 Å². The summed E-state index contributed by atoms with van der Waals surface area (Å²) in [6.45, 7) is 0.424. The van der Waals surface area contributed by atoms with Crippen molar-refractivity contribution >= 4 is 39.1 Å². The van der Waals surface area contributed by atoms with Gasteiger partial charge in [0.25, 0.3) is 5.91 Å². The molecule has 0 unspecified atom stereocenters. The van der Waals surface area contributed by atoms with Gasteiger partial charge in [0.05, 0.1) is 10.6 Å². The Morgan fingerprint density at radius 1 is 1.29 bits per heavy atom. The highest BCUT2D eigenvalue weighted by Gasteiger charge is 2.09. The van der Waals surface area contributed by atoms with Crippen LogP contribution in [0.1, 0.15) is 15.9 Å². The van der Waals surface area contributed by atoms with Gasteiger partial charge >= 0.3 is 0 Å². The van der Waals surface area contributed by atoms with Crippen molar-refractivity contribution in [3.8, 4) is 0 Å². The molecule has 0 saturated heterocycles. The summed E-state index contributed by atoms with van der Waals surface area (Å²) < 4.78 is 14.0. The number of carbonyl (C=O) groups excluding carboxylic acids is 1. The highest BCUT2D eigenvalue weighted by atomic mass is 79.9. The van der Waals surface area contributed by atoms with E-state index in [-0.39, 0.29) is 11.7 Å². The molecule has 110 valence electrons. The zero-order chi connectivity index (χ0) is 15.4. The van der Waals surface area contributed by atoms with E-state index in [0.717, 1.165) is 15.7 Å². The summed E-state index contributed by atoms with van der Waals surface area (Å²) in [7, 11) is 1.54. The van der Waals surface area contributed by atoms with Crippen molar-refractivity contribution in [1.29, 1.82) is 0 Å². The second-order valence-corrected chi connectivity index (χ2v) is 5.62. The van der Waals surface area contributed by atoms with Gasteiger partial charge < -0.3 is 10.6 Å². The number of hydrogen-bond donors (Lipinski definition) is 2. The van der Waals surface area contributed by atoms with Gasteiger partial charge in [-0.25, -0.2) is 4.39 Å². The first-order valence-corrected chi connectivity index (χ1v) is 7.38. The van der Waals surface area contributed by atoms with Crippen molar-refractivity contribution in [3.63, 3.8) is 0 Å². The molecule has 0 radical (unpaired) electrons. The van der Waals surface area contributed by atoms with E-state index in [4.69, 9.17) is 11.6 Å². The summed E-state index contributed by atoms with van der Waals surface area (Å²) in [5, 5.41) is 6.05. The lowest BCUT2D eigenvalue weighted by Gasteiger charge is -2.10. The van der Waals surface area contributed by atoms with Gasteiger partial charge in [-0.15, -0.1) is 0 Å². The van der Waals surface area contributed by atoms with Gasteiger partial charge in [0.2, 0.25) is 0 Å². The number of hydrogen-bond acceptors (Lipinski definition) is 2. The lowest BCUT2D eigenvalue weighted by Crippen LogP contribution is -2.18. The molecule has 6 heteroatoms. The average Bonchev–Trinajstić information content (AvgIpc) is 2.48. The second-order valence-electron chi connectivity index (χ2n) is 4.36. The fraction of sp³-hybridized carbons (Fsp3) is 0.133. The van der Waals surface area contributed by atoms with Crippen LogP contribution in [0.5, 0.6) is 0 Å². The van der Waals surface area contributed by atoms with Crippen LogP contribution in [0.25, 0.3) is 0 Å². The first kappa shape index (κ1) is 15.8. The van der Waals surface area contributed by atoms with Crippen LogP contribution in [0.3, 0.4) is 0 Å². The highest BCUT2D eigenvalue weighted by Crippen LogP contribution is 2.23. The number of halogens is 3. The Morgan fingerprint density at radius 2 is 2.05 bits per heavy atom.